The third-order valence-electron chi connectivity index (χ3n) is 9.05. The number of fused-ring (bicyclic) bond motifs is 2. The summed E-state index contributed by atoms with van der Waals surface area (Å²) in [5, 5.41) is 16.9. The van der Waals surface area contributed by atoms with E-state index in [4.69, 9.17) is 4.74 Å². The lowest BCUT2D eigenvalue weighted by Gasteiger charge is -2.37. The first-order valence-electron chi connectivity index (χ1n) is 16.7. The number of thiazole rings is 1. The van der Waals surface area contributed by atoms with E-state index in [1.165, 1.54) is 17.4 Å². The summed E-state index contributed by atoms with van der Waals surface area (Å²) in [5.74, 6) is -0.667. The monoisotopic (exact) mass is 683 g/mol. The number of nitrogens with zero attached hydrogens (tertiary/aromatic N) is 3. The Balaban J connectivity index is 1.09. The van der Waals surface area contributed by atoms with Crippen molar-refractivity contribution in [1.29, 1.82) is 0 Å². The molecule has 0 saturated heterocycles. The highest BCUT2D eigenvalue weighted by atomic mass is 32.1. The number of allylic oxidation sites excluding steroid dienone is 2. The summed E-state index contributed by atoms with van der Waals surface area (Å²) in [5.41, 5.74) is 6.29. The van der Waals surface area contributed by atoms with Gasteiger partial charge in [-0.1, -0.05) is 41.7 Å². The van der Waals surface area contributed by atoms with Gasteiger partial charge in [-0.3, -0.25) is 10.1 Å². The number of aromatic nitrogens is 1. The first-order valence-corrected chi connectivity index (χ1v) is 17.5. The fourth-order valence-electron chi connectivity index (χ4n) is 6.45. The molecule has 3 aromatic carbocycles. The minimum atomic E-state index is -0.974. The number of dihydropyridines is 1. The quantitative estimate of drug-likeness (QED) is 0.137. The van der Waals surface area contributed by atoms with Crippen molar-refractivity contribution in [3.8, 4) is 5.75 Å². The molecule has 4 aromatic rings. The van der Waals surface area contributed by atoms with Crippen molar-refractivity contribution < 1.29 is 23.8 Å². The molecule has 3 heterocycles. The highest BCUT2D eigenvalue weighted by Gasteiger charge is 2.30. The van der Waals surface area contributed by atoms with E-state index in [0.29, 0.717) is 42.4 Å². The number of carbonyl (C=O) groups is 2. The van der Waals surface area contributed by atoms with Crippen molar-refractivity contribution in [1.82, 2.24) is 20.1 Å². The van der Waals surface area contributed by atoms with Gasteiger partial charge >= 0.3 is 5.97 Å². The van der Waals surface area contributed by atoms with E-state index in [2.05, 4.69) is 32.3 Å². The summed E-state index contributed by atoms with van der Waals surface area (Å²) in [4.78, 5) is 34.7. The van der Waals surface area contributed by atoms with Crippen molar-refractivity contribution in [3.05, 3.63) is 112 Å². The molecule has 11 heteroatoms. The van der Waals surface area contributed by atoms with E-state index in [0.717, 1.165) is 63.9 Å². The number of carboxylic acid groups (broad SMARTS) is 1. The van der Waals surface area contributed by atoms with E-state index >= 15 is 0 Å². The number of hydrogen-bond donors (Lipinski definition) is 3. The standard InChI is InChI=1S/C38H42FN5O4S/c1-24-12-15-28(36(45)42-38-40-31-10-4-5-11-33(31)49-38)29-23-44(20-18-27(24)29)34-17-14-26(35(41-34)37(46)47)9-7-21-48-32-16-13-25(22-30(32)39)8-6-19-43(2)3/h4-5,10-17,22,35,41H,6-9,18-21,23H2,1-3H3,(H,46,47)(H,40,42,45). The summed E-state index contributed by atoms with van der Waals surface area (Å²) < 4.78 is 21.4. The molecule has 0 spiro atoms. The van der Waals surface area contributed by atoms with Gasteiger partial charge in [0.25, 0.3) is 5.91 Å². The van der Waals surface area contributed by atoms with Gasteiger partial charge in [0.05, 0.1) is 16.8 Å². The Morgan fingerprint density at radius 2 is 1.94 bits per heavy atom. The summed E-state index contributed by atoms with van der Waals surface area (Å²) in [6.07, 6.45) is 7.26. The second-order valence-electron chi connectivity index (χ2n) is 12.8. The van der Waals surface area contributed by atoms with Crippen LogP contribution >= 0.6 is 11.3 Å². The lowest BCUT2D eigenvalue weighted by Crippen LogP contribution is -2.46. The number of anilines is 1. The van der Waals surface area contributed by atoms with Crippen LogP contribution in [0.25, 0.3) is 10.2 Å². The maximum absolute atomic E-state index is 14.7. The zero-order valence-corrected chi connectivity index (χ0v) is 28.9. The second kappa shape index (κ2) is 15.2. The van der Waals surface area contributed by atoms with Crippen LogP contribution in [0.15, 0.2) is 78.1 Å². The number of rotatable bonds is 13. The Kier molecular flexibility index (Phi) is 10.6. The zero-order chi connectivity index (χ0) is 34.5. The van der Waals surface area contributed by atoms with E-state index in [9.17, 15) is 19.1 Å². The van der Waals surface area contributed by atoms with Gasteiger partial charge in [-0.2, -0.15) is 0 Å². The van der Waals surface area contributed by atoms with Crippen LogP contribution in [-0.4, -0.2) is 71.6 Å². The van der Waals surface area contributed by atoms with Crippen LogP contribution in [0.3, 0.4) is 0 Å². The molecule has 2 aliphatic rings. The highest BCUT2D eigenvalue weighted by molar-refractivity contribution is 7.22. The van der Waals surface area contributed by atoms with Gasteiger partial charge in [0.1, 0.15) is 11.9 Å². The molecule has 0 aliphatic carbocycles. The third-order valence-corrected chi connectivity index (χ3v) is 10.00. The minimum Gasteiger partial charge on any atom is -0.491 e. The van der Waals surface area contributed by atoms with E-state index in [1.54, 1.807) is 6.07 Å². The number of para-hydroxylation sites is 1. The molecule has 9 nitrogen and oxygen atoms in total. The lowest BCUT2D eigenvalue weighted by molar-refractivity contribution is -0.138. The van der Waals surface area contributed by atoms with Crippen molar-refractivity contribution in [2.45, 2.75) is 51.6 Å². The van der Waals surface area contributed by atoms with E-state index < -0.39 is 12.0 Å². The molecular formula is C38H42FN5O4S. The molecule has 3 N–H and O–H groups in total. The number of benzene rings is 3. The first kappa shape index (κ1) is 34.1. The predicted octanol–water partition coefficient (Wildman–Crippen LogP) is 6.53. The molecule has 1 amide bonds. The van der Waals surface area contributed by atoms with Crippen molar-refractivity contribution in [3.63, 3.8) is 0 Å². The number of aryl methyl sites for hydroxylation is 2. The summed E-state index contributed by atoms with van der Waals surface area (Å²) in [7, 11) is 4.04. The number of nitrogens with one attached hydrogen (secondary N) is 2. The molecule has 1 atom stereocenters. The van der Waals surface area contributed by atoms with Gasteiger partial charge in [-0.05, 0) is 124 Å². The molecule has 49 heavy (non-hydrogen) atoms. The van der Waals surface area contributed by atoms with Gasteiger partial charge in [0.15, 0.2) is 16.7 Å². The number of carbonyl (C=O) groups excluding carboxylic acids is 1. The zero-order valence-electron chi connectivity index (χ0n) is 28.1. The molecule has 256 valence electrons. The Bertz CT molecular complexity index is 1890. The van der Waals surface area contributed by atoms with E-state index in [1.807, 2.05) is 68.7 Å². The average Bonchev–Trinajstić information content (AvgIpc) is 3.49. The largest absolute Gasteiger partial charge is 0.491 e. The average molecular weight is 684 g/mol. The molecule has 6 rings (SSSR count). The maximum Gasteiger partial charge on any atom is 0.330 e. The van der Waals surface area contributed by atoms with E-state index in [-0.39, 0.29) is 24.1 Å². The molecule has 0 fully saturated rings. The molecule has 0 saturated carbocycles. The van der Waals surface area contributed by atoms with Crippen molar-refractivity contribution >= 4 is 38.6 Å². The predicted molar refractivity (Wildman–Crippen MR) is 192 cm³/mol. The molecule has 0 radical (unpaired) electrons. The third kappa shape index (κ3) is 8.12. The highest BCUT2D eigenvalue weighted by Crippen LogP contribution is 2.31. The number of amides is 1. The number of carboxylic acids is 1. The fourth-order valence-corrected chi connectivity index (χ4v) is 7.32. The van der Waals surface area contributed by atoms with Crippen molar-refractivity contribution in [2.75, 3.05) is 39.1 Å². The number of aliphatic carboxylic acids is 1. The molecule has 1 aromatic heterocycles. The SMILES string of the molecule is Cc1ccc(C(=O)Nc2nc3ccccc3s2)c2c1CCN(C1=CC=C(CCCOc3ccc(CCCN(C)C)cc3F)C(C(=O)O)N1)C2. The van der Waals surface area contributed by atoms with Gasteiger partial charge in [-0.25, -0.2) is 14.2 Å². The molecule has 1 unspecified atom stereocenters. The molecule has 0 bridgehead atoms. The number of hydrogen-bond acceptors (Lipinski definition) is 8. The topological polar surface area (TPSA) is 107 Å². The van der Waals surface area contributed by atoms with Crippen LogP contribution < -0.4 is 15.4 Å². The van der Waals surface area contributed by atoms with Gasteiger partial charge < -0.3 is 25.0 Å². The smallest absolute Gasteiger partial charge is 0.330 e. The van der Waals surface area contributed by atoms with Crippen LogP contribution in [0.1, 0.15) is 51.9 Å². The summed E-state index contributed by atoms with van der Waals surface area (Å²) in [6, 6.07) is 15.8. The number of ether oxygens (including phenoxy) is 1. The minimum absolute atomic E-state index is 0.206. The van der Waals surface area contributed by atoms with Gasteiger partial charge in [0, 0.05) is 18.7 Å². The van der Waals surface area contributed by atoms with Gasteiger partial charge in [-0.15, -0.1) is 0 Å². The summed E-state index contributed by atoms with van der Waals surface area (Å²) >= 11 is 1.44. The number of halogens is 1. The van der Waals surface area contributed by atoms with Crippen LogP contribution in [0.4, 0.5) is 9.52 Å². The van der Waals surface area contributed by atoms with Crippen molar-refractivity contribution in [2.24, 2.45) is 0 Å². The second-order valence-corrected chi connectivity index (χ2v) is 13.9. The Hall–Kier alpha value is -4.74. The Morgan fingerprint density at radius 1 is 1.10 bits per heavy atom. The normalized spacial score (nSPS) is 15.8. The van der Waals surface area contributed by atoms with Crippen LogP contribution in [-0.2, 0) is 24.2 Å². The maximum atomic E-state index is 14.7. The molecular weight excluding hydrogens is 642 g/mol. The first-order chi connectivity index (χ1) is 23.7. The Labute approximate surface area is 290 Å². The molecule has 2 aliphatic heterocycles. The van der Waals surface area contributed by atoms with Crippen LogP contribution in [0.5, 0.6) is 5.75 Å². The van der Waals surface area contributed by atoms with Gasteiger partial charge in [0.2, 0.25) is 0 Å². The van der Waals surface area contributed by atoms with Crippen LogP contribution in [0, 0.1) is 12.7 Å². The lowest BCUT2D eigenvalue weighted by atomic mass is 9.90. The fraction of sp³-hybridized carbons (Fsp3) is 0.342. The Morgan fingerprint density at radius 3 is 2.71 bits per heavy atom. The summed E-state index contributed by atoms with van der Waals surface area (Å²) in [6.45, 7) is 4.40. The van der Waals surface area contributed by atoms with Crippen LogP contribution in [0.2, 0.25) is 0 Å².